The minimum absolute atomic E-state index is 0.101. The summed E-state index contributed by atoms with van der Waals surface area (Å²) in [5.74, 6) is 0.101. The number of hydrogen-bond acceptors (Lipinski definition) is 1. The second-order valence-corrected chi connectivity index (χ2v) is 5.77. The first-order chi connectivity index (χ1) is 7.71. The fraction of sp³-hybridized carbons (Fsp3) is 0.533. The van der Waals surface area contributed by atoms with Crippen molar-refractivity contribution in [2.75, 3.05) is 7.05 Å². The van der Waals surface area contributed by atoms with E-state index in [9.17, 15) is 4.79 Å². The van der Waals surface area contributed by atoms with Gasteiger partial charge in [0.1, 0.15) is 0 Å². The van der Waals surface area contributed by atoms with Crippen LogP contribution in [0, 0.1) is 6.92 Å². The molecule has 1 rings (SSSR count). The monoisotopic (exact) mass is 233 g/mol. The van der Waals surface area contributed by atoms with Crippen LogP contribution in [-0.4, -0.2) is 17.9 Å². The number of amides is 1. The number of nitrogens with zero attached hydrogens (tertiary/aromatic N) is 1. The van der Waals surface area contributed by atoms with E-state index in [-0.39, 0.29) is 11.3 Å². The molecule has 17 heavy (non-hydrogen) atoms. The van der Waals surface area contributed by atoms with Crippen molar-refractivity contribution in [1.29, 1.82) is 0 Å². The Morgan fingerprint density at radius 1 is 1.29 bits per heavy atom. The molecule has 2 heteroatoms. The van der Waals surface area contributed by atoms with Crippen LogP contribution in [0.1, 0.15) is 44.4 Å². The maximum Gasteiger partial charge on any atom is 0.219 e. The zero-order valence-electron chi connectivity index (χ0n) is 11.8. The van der Waals surface area contributed by atoms with Crippen LogP contribution >= 0.6 is 0 Å². The Morgan fingerprint density at radius 2 is 1.88 bits per heavy atom. The Balaban J connectivity index is 2.95. The van der Waals surface area contributed by atoms with Gasteiger partial charge in [0.05, 0.1) is 0 Å². The van der Waals surface area contributed by atoms with Crippen molar-refractivity contribution in [3.05, 3.63) is 34.9 Å². The average molecular weight is 233 g/mol. The van der Waals surface area contributed by atoms with E-state index in [0.717, 1.165) is 0 Å². The van der Waals surface area contributed by atoms with Crippen LogP contribution in [0.4, 0.5) is 0 Å². The zero-order valence-corrected chi connectivity index (χ0v) is 11.8. The van der Waals surface area contributed by atoms with Gasteiger partial charge in [-0.3, -0.25) is 4.79 Å². The molecule has 0 aliphatic carbocycles. The molecule has 0 heterocycles. The van der Waals surface area contributed by atoms with Crippen molar-refractivity contribution in [3.63, 3.8) is 0 Å². The minimum Gasteiger partial charge on any atom is -0.342 e. The van der Waals surface area contributed by atoms with E-state index in [0.29, 0.717) is 6.54 Å². The predicted molar refractivity (Wildman–Crippen MR) is 72.0 cm³/mol. The fourth-order valence-electron chi connectivity index (χ4n) is 1.71. The van der Waals surface area contributed by atoms with Gasteiger partial charge in [0.25, 0.3) is 0 Å². The summed E-state index contributed by atoms with van der Waals surface area (Å²) in [6.07, 6.45) is 0. The van der Waals surface area contributed by atoms with Gasteiger partial charge in [0.2, 0.25) is 5.91 Å². The second kappa shape index (κ2) is 4.91. The van der Waals surface area contributed by atoms with E-state index in [4.69, 9.17) is 0 Å². The Kier molecular flexibility index (Phi) is 3.97. The molecule has 0 aromatic heterocycles. The van der Waals surface area contributed by atoms with Gasteiger partial charge in [-0.2, -0.15) is 0 Å². The highest BCUT2D eigenvalue weighted by Crippen LogP contribution is 2.24. The molecular weight excluding hydrogens is 210 g/mol. The lowest BCUT2D eigenvalue weighted by Gasteiger charge is -2.22. The maximum absolute atomic E-state index is 11.2. The molecule has 0 unspecified atom stereocenters. The summed E-state index contributed by atoms with van der Waals surface area (Å²) in [6, 6.07) is 6.52. The quantitative estimate of drug-likeness (QED) is 0.767. The highest BCUT2D eigenvalue weighted by molar-refractivity contribution is 5.72. The molecule has 0 fully saturated rings. The lowest BCUT2D eigenvalue weighted by Crippen LogP contribution is -2.23. The van der Waals surface area contributed by atoms with Gasteiger partial charge < -0.3 is 4.90 Å². The molecule has 0 aliphatic heterocycles. The van der Waals surface area contributed by atoms with Crippen molar-refractivity contribution in [2.24, 2.45) is 0 Å². The van der Waals surface area contributed by atoms with E-state index >= 15 is 0 Å². The number of rotatable bonds is 2. The smallest absolute Gasteiger partial charge is 0.219 e. The van der Waals surface area contributed by atoms with Crippen LogP contribution < -0.4 is 0 Å². The van der Waals surface area contributed by atoms with Gasteiger partial charge in [0.15, 0.2) is 0 Å². The molecule has 0 saturated carbocycles. The van der Waals surface area contributed by atoms with Crippen LogP contribution in [0.2, 0.25) is 0 Å². The number of aryl methyl sites for hydroxylation is 1. The second-order valence-electron chi connectivity index (χ2n) is 5.77. The van der Waals surface area contributed by atoms with Crippen LogP contribution in [-0.2, 0) is 16.8 Å². The SMILES string of the molecule is CC(=O)N(C)Cc1ccc(C(C)(C)C)cc1C. The lowest BCUT2D eigenvalue weighted by molar-refractivity contribution is -0.128. The third kappa shape index (κ3) is 3.58. The number of carbonyl (C=O) groups excluding carboxylic acids is 1. The Bertz CT molecular complexity index is 415. The van der Waals surface area contributed by atoms with Gasteiger partial charge in [-0.1, -0.05) is 39.0 Å². The Hall–Kier alpha value is -1.31. The van der Waals surface area contributed by atoms with E-state index in [1.165, 1.54) is 16.7 Å². The zero-order chi connectivity index (χ0) is 13.2. The molecule has 0 aliphatic rings. The van der Waals surface area contributed by atoms with Crippen LogP contribution in [0.15, 0.2) is 18.2 Å². The average Bonchev–Trinajstić information content (AvgIpc) is 2.19. The first-order valence-electron chi connectivity index (χ1n) is 6.03. The van der Waals surface area contributed by atoms with Gasteiger partial charge in [0, 0.05) is 20.5 Å². The summed E-state index contributed by atoms with van der Waals surface area (Å²) < 4.78 is 0. The topological polar surface area (TPSA) is 20.3 Å². The van der Waals surface area contributed by atoms with Gasteiger partial charge >= 0.3 is 0 Å². The molecule has 0 atom stereocenters. The highest BCUT2D eigenvalue weighted by Gasteiger charge is 2.15. The van der Waals surface area contributed by atoms with E-state index in [1.54, 1.807) is 11.8 Å². The molecule has 0 saturated heterocycles. The first kappa shape index (κ1) is 13.8. The van der Waals surface area contributed by atoms with E-state index < -0.39 is 0 Å². The summed E-state index contributed by atoms with van der Waals surface area (Å²) in [7, 11) is 1.83. The van der Waals surface area contributed by atoms with Gasteiger partial charge in [-0.05, 0) is 29.0 Å². The first-order valence-corrected chi connectivity index (χ1v) is 6.03. The largest absolute Gasteiger partial charge is 0.342 e. The Morgan fingerprint density at radius 3 is 2.29 bits per heavy atom. The molecule has 1 aromatic carbocycles. The fourth-order valence-corrected chi connectivity index (χ4v) is 1.71. The Labute approximate surface area is 105 Å². The molecule has 1 aromatic rings. The molecule has 94 valence electrons. The number of benzene rings is 1. The summed E-state index contributed by atoms with van der Waals surface area (Å²) >= 11 is 0. The van der Waals surface area contributed by atoms with Gasteiger partial charge in [-0.25, -0.2) is 0 Å². The standard InChI is InChI=1S/C15H23NO/c1-11-9-14(15(3,4)5)8-7-13(11)10-16(6)12(2)17/h7-9H,10H2,1-6H3. The van der Waals surface area contributed by atoms with Crippen LogP contribution in [0.25, 0.3) is 0 Å². The maximum atomic E-state index is 11.2. The molecule has 0 spiro atoms. The predicted octanol–water partition coefficient (Wildman–Crippen LogP) is 3.27. The highest BCUT2D eigenvalue weighted by atomic mass is 16.2. The number of carbonyl (C=O) groups is 1. The summed E-state index contributed by atoms with van der Waals surface area (Å²) in [5, 5.41) is 0. The van der Waals surface area contributed by atoms with E-state index in [2.05, 4.69) is 45.9 Å². The summed E-state index contributed by atoms with van der Waals surface area (Å²) in [5.41, 5.74) is 3.99. The number of hydrogen-bond donors (Lipinski definition) is 0. The third-order valence-electron chi connectivity index (χ3n) is 3.15. The van der Waals surface area contributed by atoms with Crippen molar-refractivity contribution in [1.82, 2.24) is 4.90 Å². The molecule has 0 bridgehead atoms. The lowest BCUT2D eigenvalue weighted by atomic mass is 9.85. The molecule has 2 nitrogen and oxygen atoms in total. The summed E-state index contributed by atoms with van der Waals surface area (Å²) in [4.78, 5) is 12.9. The summed E-state index contributed by atoms with van der Waals surface area (Å²) in [6.45, 7) is 11.0. The van der Waals surface area contributed by atoms with Gasteiger partial charge in [-0.15, -0.1) is 0 Å². The van der Waals surface area contributed by atoms with Crippen molar-refractivity contribution in [2.45, 2.75) is 46.6 Å². The third-order valence-corrected chi connectivity index (χ3v) is 3.15. The van der Waals surface area contributed by atoms with E-state index in [1.807, 2.05) is 7.05 Å². The minimum atomic E-state index is 0.101. The molecule has 1 amide bonds. The van der Waals surface area contributed by atoms with Crippen molar-refractivity contribution in [3.8, 4) is 0 Å². The normalized spacial score (nSPS) is 11.4. The van der Waals surface area contributed by atoms with Crippen LogP contribution in [0.5, 0.6) is 0 Å². The van der Waals surface area contributed by atoms with Crippen molar-refractivity contribution >= 4 is 5.91 Å². The molecule has 0 N–H and O–H groups in total. The molecular formula is C15H23NO. The van der Waals surface area contributed by atoms with Crippen molar-refractivity contribution < 1.29 is 4.79 Å². The van der Waals surface area contributed by atoms with Crippen LogP contribution in [0.3, 0.4) is 0 Å². The molecule has 0 radical (unpaired) electrons.